The van der Waals surface area contributed by atoms with Gasteiger partial charge in [0.05, 0.1) is 18.9 Å². The van der Waals surface area contributed by atoms with Crippen molar-refractivity contribution in [1.82, 2.24) is 0 Å². The Morgan fingerprint density at radius 2 is 1.12 bits per heavy atom. The number of carboxylic acids is 1. The molecule has 0 spiro atoms. The van der Waals surface area contributed by atoms with E-state index in [1.165, 1.54) is 96.3 Å². The third kappa shape index (κ3) is 23.6. The van der Waals surface area contributed by atoms with Crippen molar-refractivity contribution in [3.8, 4) is 0 Å². The summed E-state index contributed by atoms with van der Waals surface area (Å²) < 4.78 is 5.14. The van der Waals surface area contributed by atoms with E-state index < -0.39 is 11.9 Å². The maximum atomic E-state index is 12.0. The molecule has 0 aliphatic rings. The molecule has 4 heteroatoms. The summed E-state index contributed by atoms with van der Waals surface area (Å²) in [6.07, 6.45) is 29.2. The lowest BCUT2D eigenvalue weighted by Gasteiger charge is -2.13. The Balaban J connectivity index is 3.47. The van der Waals surface area contributed by atoms with Crippen molar-refractivity contribution >= 4 is 11.9 Å². The van der Waals surface area contributed by atoms with E-state index in [4.69, 9.17) is 9.84 Å². The van der Waals surface area contributed by atoms with Crippen LogP contribution in [0.5, 0.6) is 0 Å². The van der Waals surface area contributed by atoms with Crippen LogP contribution in [0.15, 0.2) is 12.2 Å². The van der Waals surface area contributed by atoms with Crippen LogP contribution in [-0.4, -0.2) is 23.7 Å². The molecule has 0 saturated heterocycles. The van der Waals surface area contributed by atoms with Crippen LogP contribution in [-0.2, 0) is 14.3 Å². The van der Waals surface area contributed by atoms with E-state index in [0.29, 0.717) is 13.0 Å². The molecule has 0 rings (SSSR count). The third-order valence-electron chi connectivity index (χ3n) is 6.27. The zero-order valence-electron chi connectivity index (χ0n) is 22.0. The molecule has 0 bridgehead atoms. The van der Waals surface area contributed by atoms with Crippen LogP contribution in [0, 0.1) is 5.92 Å². The first-order valence-corrected chi connectivity index (χ1v) is 14.1. The van der Waals surface area contributed by atoms with E-state index in [-0.39, 0.29) is 12.4 Å². The molecule has 0 aromatic carbocycles. The van der Waals surface area contributed by atoms with Crippen LogP contribution in [0.2, 0.25) is 0 Å². The average molecular weight is 467 g/mol. The van der Waals surface area contributed by atoms with Gasteiger partial charge in [-0.3, -0.25) is 9.59 Å². The lowest BCUT2D eigenvalue weighted by molar-refractivity contribution is -0.153. The second-order valence-corrected chi connectivity index (χ2v) is 9.60. The maximum Gasteiger partial charge on any atom is 0.309 e. The van der Waals surface area contributed by atoms with E-state index >= 15 is 0 Å². The summed E-state index contributed by atoms with van der Waals surface area (Å²) in [5, 5.41) is 9.01. The molecule has 0 saturated carbocycles. The standard InChI is InChI=1S/C29H54O4/c1-3-5-6-7-8-9-10-11-12-13-14-15-16-17-18-19-20-21-22-23-24-27(26-28(30)31)29(32)33-25-4-2/h14-15,27H,3-13,16-26H2,1-2H3,(H,30,31)/b15-14+. The summed E-state index contributed by atoms with van der Waals surface area (Å²) in [7, 11) is 0. The van der Waals surface area contributed by atoms with Gasteiger partial charge in [-0.2, -0.15) is 0 Å². The van der Waals surface area contributed by atoms with Gasteiger partial charge in [0.25, 0.3) is 0 Å². The number of hydrogen-bond donors (Lipinski definition) is 1. The van der Waals surface area contributed by atoms with Crippen LogP contribution < -0.4 is 0 Å². The summed E-state index contributed by atoms with van der Waals surface area (Å²) in [5.41, 5.74) is 0. The third-order valence-corrected chi connectivity index (χ3v) is 6.27. The second-order valence-electron chi connectivity index (χ2n) is 9.60. The fourth-order valence-electron chi connectivity index (χ4n) is 4.18. The number of carboxylic acid groups (broad SMARTS) is 1. The Morgan fingerprint density at radius 3 is 1.58 bits per heavy atom. The number of aliphatic carboxylic acids is 1. The van der Waals surface area contributed by atoms with Crippen molar-refractivity contribution < 1.29 is 19.4 Å². The van der Waals surface area contributed by atoms with E-state index in [1.54, 1.807) is 0 Å². The Labute approximate surface area is 204 Å². The van der Waals surface area contributed by atoms with E-state index in [0.717, 1.165) is 25.7 Å². The Kier molecular flexibility index (Phi) is 24.3. The number of rotatable bonds is 25. The Hall–Kier alpha value is -1.32. The summed E-state index contributed by atoms with van der Waals surface area (Å²) in [6, 6.07) is 0. The van der Waals surface area contributed by atoms with Gasteiger partial charge < -0.3 is 9.84 Å². The van der Waals surface area contributed by atoms with Crippen molar-refractivity contribution in [2.75, 3.05) is 6.61 Å². The number of allylic oxidation sites excluding steroid dienone is 2. The first-order chi connectivity index (χ1) is 16.1. The van der Waals surface area contributed by atoms with Crippen molar-refractivity contribution in [1.29, 1.82) is 0 Å². The Morgan fingerprint density at radius 1 is 0.667 bits per heavy atom. The van der Waals surface area contributed by atoms with E-state index in [2.05, 4.69) is 19.1 Å². The van der Waals surface area contributed by atoms with Crippen molar-refractivity contribution in [3.63, 3.8) is 0 Å². The largest absolute Gasteiger partial charge is 0.481 e. The van der Waals surface area contributed by atoms with Gasteiger partial charge >= 0.3 is 11.9 Å². The van der Waals surface area contributed by atoms with Gasteiger partial charge in [0.15, 0.2) is 0 Å². The zero-order chi connectivity index (χ0) is 24.4. The molecule has 0 aromatic heterocycles. The fraction of sp³-hybridized carbons (Fsp3) is 0.862. The van der Waals surface area contributed by atoms with Gasteiger partial charge in [-0.05, 0) is 38.5 Å². The van der Waals surface area contributed by atoms with Gasteiger partial charge in [-0.25, -0.2) is 0 Å². The number of carbonyl (C=O) groups is 2. The number of hydrogen-bond acceptors (Lipinski definition) is 3. The van der Waals surface area contributed by atoms with Gasteiger partial charge in [-0.15, -0.1) is 0 Å². The average Bonchev–Trinajstić information content (AvgIpc) is 2.80. The van der Waals surface area contributed by atoms with Crippen LogP contribution in [0.3, 0.4) is 0 Å². The van der Waals surface area contributed by atoms with Crippen molar-refractivity contribution in [3.05, 3.63) is 12.2 Å². The summed E-state index contributed by atoms with van der Waals surface area (Å²) >= 11 is 0. The number of unbranched alkanes of at least 4 members (excludes halogenated alkanes) is 16. The minimum absolute atomic E-state index is 0.116. The highest BCUT2D eigenvalue weighted by atomic mass is 16.5. The molecule has 0 aliphatic carbocycles. The molecule has 1 atom stereocenters. The van der Waals surface area contributed by atoms with E-state index in [9.17, 15) is 9.59 Å². The summed E-state index contributed by atoms with van der Waals surface area (Å²) in [4.78, 5) is 23.0. The summed E-state index contributed by atoms with van der Waals surface area (Å²) in [5.74, 6) is -1.75. The number of ether oxygens (including phenoxy) is 1. The molecule has 0 aliphatic heterocycles. The number of carbonyl (C=O) groups excluding carboxylic acids is 1. The normalized spacial score (nSPS) is 12.3. The first-order valence-electron chi connectivity index (χ1n) is 14.1. The lowest BCUT2D eigenvalue weighted by Crippen LogP contribution is -2.21. The van der Waals surface area contributed by atoms with Crippen LogP contribution >= 0.6 is 0 Å². The molecular weight excluding hydrogens is 412 g/mol. The maximum absolute atomic E-state index is 12.0. The van der Waals surface area contributed by atoms with Crippen LogP contribution in [0.25, 0.3) is 0 Å². The monoisotopic (exact) mass is 466 g/mol. The molecule has 1 unspecified atom stereocenters. The predicted molar refractivity (Wildman–Crippen MR) is 140 cm³/mol. The SMILES string of the molecule is CCCCCCCCCCC/C=C/CCCCCCCCCC(CC(=O)O)C(=O)OCCC. The molecule has 194 valence electrons. The van der Waals surface area contributed by atoms with Gasteiger partial charge in [0.1, 0.15) is 0 Å². The topological polar surface area (TPSA) is 63.6 Å². The molecule has 0 aromatic rings. The molecule has 0 heterocycles. The highest BCUT2D eigenvalue weighted by molar-refractivity contribution is 5.79. The van der Waals surface area contributed by atoms with Crippen molar-refractivity contribution in [2.45, 2.75) is 149 Å². The fourth-order valence-corrected chi connectivity index (χ4v) is 4.18. The molecule has 0 fully saturated rings. The molecule has 0 radical (unpaired) electrons. The molecule has 1 N–H and O–H groups in total. The highest BCUT2D eigenvalue weighted by Gasteiger charge is 2.22. The number of esters is 1. The van der Waals surface area contributed by atoms with Crippen LogP contribution in [0.4, 0.5) is 0 Å². The summed E-state index contributed by atoms with van der Waals surface area (Å²) in [6.45, 7) is 4.59. The molecule has 4 nitrogen and oxygen atoms in total. The van der Waals surface area contributed by atoms with Gasteiger partial charge in [-0.1, -0.05) is 116 Å². The first kappa shape index (κ1) is 31.7. The molecule has 0 amide bonds. The van der Waals surface area contributed by atoms with E-state index in [1.807, 2.05) is 6.92 Å². The Bertz CT molecular complexity index is 472. The van der Waals surface area contributed by atoms with Gasteiger partial charge in [0, 0.05) is 0 Å². The predicted octanol–water partition coefficient (Wildman–Crippen LogP) is 9.02. The van der Waals surface area contributed by atoms with Crippen LogP contribution in [0.1, 0.15) is 149 Å². The quantitative estimate of drug-likeness (QED) is 0.0828. The minimum atomic E-state index is -0.921. The minimum Gasteiger partial charge on any atom is -0.481 e. The smallest absolute Gasteiger partial charge is 0.309 e. The molecular formula is C29H54O4. The van der Waals surface area contributed by atoms with Gasteiger partial charge in [0.2, 0.25) is 0 Å². The molecule has 33 heavy (non-hydrogen) atoms. The second kappa shape index (κ2) is 25.3. The zero-order valence-corrected chi connectivity index (χ0v) is 22.0. The lowest BCUT2D eigenvalue weighted by atomic mass is 9.97. The van der Waals surface area contributed by atoms with Crippen molar-refractivity contribution in [2.24, 2.45) is 5.92 Å². The highest BCUT2D eigenvalue weighted by Crippen LogP contribution is 2.18.